The minimum Gasteiger partial charge on any atom is -0.359 e. The quantitative estimate of drug-likeness (QED) is 0.297. The van der Waals surface area contributed by atoms with Crippen LogP contribution in [0.5, 0.6) is 0 Å². The molecule has 0 radical (unpaired) electrons. The van der Waals surface area contributed by atoms with E-state index >= 15 is 0 Å². The molecule has 0 unspecified atom stereocenters. The van der Waals surface area contributed by atoms with E-state index in [2.05, 4.69) is 16.0 Å². The second-order valence-corrected chi connectivity index (χ2v) is 3.25. The molecule has 1 rings (SSSR count). The van der Waals surface area contributed by atoms with Crippen LogP contribution in [0.3, 0.4) is 0 Å². The zero-order valence-electron chi connectivity index (χ0n) is 7.91. The van der Waals surface area contributed by atoms with Crippen LogP contribution in [0.2, 0.25) is 0 Å². The Bertz CT molecular complexity index is 195. The van der Waals surface area contributed by atoms with Crippen molar-refractivity contribution in [2.45, 2.75) is 31.7 Å². The molecular formula is C8H17N5. The first-order valence-corrected chi connectivity index (χ1v) is 4.61. The predicted octanol–water partition coefficient (Wildman–Crippen LogP) is 0.197. The zero-order valence-corrected chi connectivity index (χ0v) is 7.91. The van der Waals surface area contributed by atoms with E-state index in [0.717, 1.165) is 12.8 Å². The zero-order chi connectivity index (χ0) is 9.68. The molecule has 0 aliphatic heterocycles. The van der Waals surface area contributed by atoms with Crippen molar-refractivity contribution >= 4 is 11.9 Å². The van der Waals surface area contributed by atoms with Gasteiger partial charge in [-0.15, -0.1) is 0 Å². The lowest BCUT2D eigenvalue weighted by molar-refractivity contribution is 0.621. The van der Waals surface area contributed by atoms with Crippen molar-refractivity contribution in [1.29, 1.82) is 10.8 Å². The lowest BCUT2D eigenvalue weighted by Gasteiger charge is -2.15. The molecule has 5 nitrogen and oxygen atoms in total. The van der Waals surface area contributed by atoms with Crippen LogP contribution in [0, 0.1) is 10.8 Å². The molecule has 0 saturated heterocycles. The van der Waals surface area contributed by atoms with Crippen LogP contribution in [0.4, 0.5) is 0 Å². The topological polar surface area (TPSA) is 83.8 Å². The Morgan fingerprint density at radius 2 is 1.77 bits per heavy atom. The van der Waals surface area contributed by atoms with E-state index in [9.17, 15) is 0 Å². The Morgan fingerprint density at radius 3 is 2.31 bits per heavy atom. The van der Waals surface area contributed by atoms with Crippen molar-refractivity contribution in [2.24, 2.45) is 0 Å². The molecule has 0 atom stereocenters. The normalized spacial score (nSPS) is 16.7. The maximum Gasteiger partial charge on any atom is 0.195 e. The molecule has 0 heterocycles. The van der Waals surface area contributed by atoms with Gasteiger partial charge in [-0.3, -0.25) is 16.1 Å². The molecule has 74 valence electrons. The second-order valence-electron chi connectivity index (χ2n) is 3.25. The summed E-state index contributed by atoms with van der Waals surface area (Å²) in [6.07, 6.45) is 4.76. The van der Waals surface area contributed by atoms with Gasteiger partial charge in [0.05, 0.1) is 0 Å². The fourth-order valence-corrected chi connectivity index (χ4v) is 1.50. The van der Waals surface area contributed by atoms with Gasteiger partial charge in [-0.25, -0.2) is 0 Å². The molecule has 5 heteroatoms. The Kier molecular flexibility index (Phi) is 3.54. The maximum absolute atomic E-state index is 7.48. The molecule has 0 spiro atoms. The van der Waals surface area contributed by atoms with Crippen molar-refractivity contribution in [1.82, 2.24) is 16.0 Å². The van der Waals surface area contributed by atoms with Gasteiger partial charge in [0, 0.05) is 13.1 Å². The summed E-state index contributed by atoms with van der Waals surface area (Å²) in [6.45, 7) is 0. The van der Waals surface area contributed by atoms with Gasteiger partial charge in [0.1, 0.15) is 0 Å². The fourth-order valence-electron chi connectivity index (χ4n) is 1.50. The Labute approximate surface area is 78.3 Å². The smallest absolute Gasteiger partial charge is 0.195 e. The van der Waals surface area contributed by atoms with E-state index in [1.54, 1.807) is 7.05 Å². The standard InChI is InChI=1S/C8H17N5/c1-11-7(9)13-8(10)12-6-4-2-3-5-6/h6H,2-5H2,1H3,(H5,9,10,11,12,13). The van der Waals surface area contributed by atoms with Gasteiger partial charge < -0.3 is 10.6 Å². The van der Waals surface area contributed by atoms with Crippen LogP contribution in [0.1, 0.15) is 25.7 Å². The minimum atomic E-state index is 0.149. The largest absolute Gasteiger partial charge is 0.359 e. The van der Waals surface area contributed by atoms with E-state index in [4.69, 9.17) is 10.8 Å². The van der Waals surface area contributed by atoms with E-state index in [0.29, 0.717) is 6.04 Å². The third kappa shape index (κ3) is 3.31. The first-order chi connectivity index (χ1) is 6.22. The molecule has 1 saturated carbocycles. The predicted molar refractivity (Wildman–Crippen MR) is 53.0 cm³/mol. The number of hydrogen-bond donors (Lipinski definition) is 5. The summed E-state index contributed by atoms with van der Waals surface area (Å²) in [5, 5.41) is 23.0. The van der Waals surface area contributed by atoms with Gasteiger partial charge in [-0.2, -0.15) is 0 Å². The first kappa shape index (κ1) is 9.83. The van der Waals surface area contributed by atoms with Crippen molar-refractivity contribution in [3.8, 4) is 0 Å². The van der Waals surface area contributed by atoms with Gasteiger partial charge >= 0.3 is 0 Å². The molecule has 1 aliphatic carbocycles. The molecule has 0 aromatic carbocycles. The van der Waals surface area contributed by atoms with Crippen LogP contribution < -0.4 is 16.0 Å². The Balaban J connectivity index is 2.20. The monoisotopic (exact) mass is 183 g/mol. The lowest BCUT2D eigenvalue weighted by Crippen LogP contribution is -2.47. The van der Waals surface area contributed by atoms with Gasteiger partial charge in [0.2, 0.25) is 0 Å². The van der Waals surface area contributed by atoms with E-state index < -0.39 is 0 Å². The maximum atomic E-state index is 7.48. The van der Waals surface area contributed by atoms with Crippen LogP contribution in [0.15, 0.2) is 0 Å². The van der Waals surface area contributed by atoms with Gasteiger partial charge in [-0.05, 0) is 12.8 Å². The van der Waals surface area contributed by atoms with Crippen molar-refractivity contribution in [3.05, 3.63) is 0 Å². The lowest BCUT2D eigenvalue weighted by atomic mass is 10.2. The highest BCUT2D eigenvalue weighted by molar-refractivity contribution is 5.95. The Hall–Kier alpha value is -1.26. The third-order valence-electron chi connectivity index (χ3n) is 2.20. The van der Waals surface area contributed by atoms with Gasteiger partial charge in [0.25, 0.3) is 0 Å². The highest BCUT2D eigenvalue weighted by Crippen LogP contribution is 2.17. The SMILES string of the molecule is CNC(=N)NC(=N)NC1CCCC1. The highest BCUT2D eigenvalue weighted by Gasteiger charge is 2.15. The van der Waals surface area contributed by atoms with E-state index in [-0.39, 0.29) is 11.9 Å². The number of rotatable bonds is 1. The molecular weight excluding hydrogens is 166 g/mol. The minimum absolute atomic E-state index is 0.149. The van der Waals surface area contributed by atoms with Crippen molar-refractivity contribution in [3.63, 3.8) is 0 Å². The average Bonchev–Trinajstić information content (AvgIpc) is 2.56. The third-order valence-corrected chi connectivity index (χ3v) is 2.20. The molecule has 1 fully saturated rings. The van der Waals surface area contributed by atoms with Gasteiger partial charge in [-0.1, -0.05) is 12.8 Å². The molecule has 0 bridgehead atoms. The number of nitrogens with one attached hydrogen (secondary N) is 5. The molecule has 0 amide bonds. The summed E-state index contributed by atoms with van der Waals surface area (Å²) >= 11 is 0. The highest BCUT2D eigenvalue weighted by atomic mass is 15.2. The molecule has 1 aliphatic rings. The Morgan fingerprint density at radius 1 is 1.15 bits per heavy atom. The summed E-state index contributed by atoms with van der Waals surface area (Å²) in [6, 6.07) is 0.421. The first-order valence-electron chi connectivity index (χ1n) is 4.61. The van der Waals surface area contributed by atoms with Crippen molar-refractivity contribution in [2.75, 3.05) is 7.05 Å². The summed E-state index contributed by atoms with van der Waals surface area (Å²) in [7, 11) is 1.65. The number of guanidine groups is 2. The van der Waals surface area contributed by atoms with Crippen molar-refractivity contribution < 1.29 is 0 Å². The molecule has 13 heavy (non-hydrogen) atoms. The number of hydrogen-bond acceptors (Lipinski definition) is 2. The molecule has 0 aromatic rings. The van der Waals surface area contributed by atoms with Crippen LogP contribution in [-0.4, -0.2) is 25.0 Å². The molecule has 5 N–H and O–H groups in total. The second kappa shape index (κ2) is 4.69. The summed E-state index contributed by atoms with van der Waals surface area (Å²) in [4.78, 5) is 0. The molecule has 0 aromatic heterocycles. The summed E-state index contributed by atoms with van der Waals surface area (Å²) in [5.74, 6) is 0.363. The van der Waals surface area contributed by atoms with Crippen LogP contribution in [0.25, 0.3) is 0 Å². The van der Waals surface area contributed by atoms with Crippen LogP contribution in [-0.2, 0) is 0 Å². The van der Waals surface area contributed by atoms with E-state index in [1.807, 2.05) is 0 Å². The summed E-state index contributed by atoms with van der Waals surface area (Å²) in [5.41, 5.74) is 0. The fraction of sp³-hybridized carbons (Fsp3) is 0.750. The van der Waals surface area contributed by atoms with Crippen LogP contribution >= 0.6 is 0 Å². The average molecular weight is 183 g/mol. The van der Waals surface area contributed by atoms with Gasteiger partial charge in [0.15, 0.2) is 11.9 Å². The summed E-state index contributed by atoms with van der Waals surface area (Å²) < 4.78 is 0. The van der Waals surface area contributed by atoms with E-state index in [1.165, 1.54) is 12.8 Å².